The van der Waals surface area contributed by atoms with Crippen LogP contribution in [0.3, 0.4) is 0 Å². The Morgan fingerprint density at radius 2 is 1.84 bits per heavy atom. The van der Waals surface area contributed by atoms with Crippen LogP contribution in [0.4, 0.5) is 5.95 Å². The van der Waals surface area contributed by atoms with Crippen molar-refractivity contribution in [3.8, 4) is 34.8 Å². The fourth-order valence-corrected chi connectivity index (χ4v) is 2.78. The molecule has 2 aromatic carbocycles. The third-order valence-corrected chi connectivity index (χ3v) is 4.29. The normalized spacial score (nSPS) is 10.5. The van der Waals surface area contributed by atoms with Crippen molar-refractivity contribution in [1.29, 1.82) is 5.26 Å². The van der Waals surface area contributed by atoms with Crippen LogP contribution in [0, 0.1) is 11.5 Å². The molecule has 0 radical (unpaired) electrons. The SMILES string of the molecule is C=CCN(C#N)c1nc(C=Cc2ccc(OC)c(OC)c2)nc(-c2ccccc2O)n1. The highest BCUT2D eigenvalue weighted by molar-refractivity contribution is 5.71. The minimum absolute atomic E-state index is 0.0294. The Bertz CT molecular complexity index is 1150. The van der Waals surface area contributed by atoms with Crippen LogP contribution in [0.1, 0.15) is 11.4 Å². The maximum atomic E-state index is 10.2. The topological polar surface area (TPSA) is 104 Å². The lowest BCUT2D eigenvalue weighted by Gasteiger charge is -2.13. The van der Waals surface area contributed by atoms with Crippen LogP contribution in [0.25, 0.3) is 23.5 Å². The molecule has 3 rings (SSSR count). The fourth-order valence-electron chi connectivity index (χ4n) is 2.78. The van der Waals surface area contributed by atoms with Crippen molar-refractivity contribution in [1.82, 2.24) is 15.0 Å². The second-order valence-electron chi connectivity index (χ2n) is 6.28. The van der Waals surface area contributed by atoms with Crippen LogP contribution in [0.2, 0.25) is 0 Å². The van der Waals surface area contributed by atoms with Gasteiger partial charge in [0.1, 0.15) is 5.75 Å². The maximum absolute atomic E-state index is 10.2. The van der Waals surface area contributed by atoms with Gasteiger partial charge in [-0.3, -0.25) is 0 Å². The van der Waals surface area contributed by atoms with E-state index >= 15 is 0 Å². The minimum atomic E-state index is 0.0294. The summed E-state index contributed by atoms with van der Waals surface area (Å²) < 4.78 is 10.6. The summed E-state index contributed by atoms with van der Waals surface area (Å²) in [6, 6.07) is 12.2. The highest BCUT2D eigenvalue weighted by atomic mass is 16.5. The van der Waals surface area contributed by atoms with Gasteiger partial charge in [-0.15, -0.1) is 6.58 Å². The Morgan fingerprint density at radius 1 is 1.06 bits per heavy atom. The monoisotopic (exact) mass is 415 g/mol. The first-order valence-electron chi connectivity index (χ1n) is 9.32. The fraction of sp³-hybridized carbons (Fsp3) is 0.130. The molecule has 0 saturated heterocycles. The van der Waals surface area contributed by atoms with Gasteiger partial charge in [0.05, 0.1) is 26.3 Å². The number of nitrogens with zero attached hydrogens (tertiary/aromatic N) is 5. The summed E-state index contributed by atoms with van der Waals surface area (Å²) in [5.74, 6) is 1.97. The zero-order valence-corrected chi connectivity index (χ0v) is 17.2. The first-order chi connectivity index (χ1) is 15.1. The van der Waals surface area contributed by atoms with E-state index in [0.29, 0.717) is 22.9 Å². The lowest BCUT2D eigenvalue weighted by molar-refractivity contribution is 0.355. The van der Waals surface area contributed by atoms with Gasteiger partial charge in [-0.1, -0.05) is 30.4 Å². The summed E-state index contributed by atoms with van der Waals surface area (Å²) in [5, 5.41) is 19.7. The highest BCUT2D eigenvalue weighted by Gasteiger charge is 2.15. The molecule has 0 unspecified atom stereocenters. The summed E-state index contributed by atoms with van der Waals surface area (Å²) in [6.45, 7) is 3.89. The first kappa shape index (κ1) is 21.3. The summed E-state index contributed by atoms with van der Waals surface area (Å²) in [5.41, 5.74) is 1.27. The molecule has 1 N–H and O–H groups in total. The van der Waals surface area contributed by atoms with E-state index in [0.717, 1.165) is 5.56 Å². The molecule has 0 saturated carbocycles. The Morgan fingerprint density at radius 3 is 2.52 bits per heavy atom. The lowest BCUT2D eigenvalue weighted by atomic mass is 10.1. The van der Waals surface area contributed by atoms with Crippen LogP contribution < -0.4 is 14.4 Å². The molecule has 8 nitrogen and oxygen atoms in total. The molecule has 0 aliphatic heterocycles. The number of aromatic hydroxyl groups is 1. The number of methoxy groups -OCH3 is 2. The molecular weight excluding hydrogens is 394 g/mol. The number of para-hydroxylation sites is 1. The van der Waals surface area contributed by atoms with E-state index in [1.54, 1.807) is 62.8 Å². The second kappa shape index (κ2) is 9.89. The molecular formula is C23H21N5O3. The van der Waals surface area contributed by atoms with Crippen LogP contribution in [-0.2, 0) is 0 Å². The van der Waals surface area contributed by atoms with Crippen molar-refractivity contribution >= 4 is 18.1 Å². The number of hydrogen-bond acceptors (Lipinski definition) is 8. The number of rotatable bonds is 8. The van der Waals surface area contributed by atoms with Gasteiger partial charge in [0.2, 0.25) is 5.95 Å². The van der Waals surface area contributed by atoms with E-state index in [1.165, 1.54) is 4.90 Å². The second-order valence-corrected chi connectivity index (χ2v) is 6.28. The molecule has 0 atom stereocenters. The van der Waals surface area contributed by atoms with E-state index in [9.17, 15) is 10.4 Å². The molecule has 3 aromatic rings. The molecule has 0 fully saturated rings. The molecule has 8 heteroatoms. The van der Waals surface area contributed by atoms with Crippen molar-refractivity contribution < 1.29 is 14.6 Å². The average molecular weight is 415 g/mol. The van der Waals surface area contributed by atoms with Crippen LogP contribution in [0.5, 0.6) is 17.2 Å². The molecule has 0 aliphatic carbocycles. The third kappa shape index (κ3) is 4.97. The van der Waals surface area contributed by atoms with Crippen molar-refractivity contribution in [2.75, 3.05) is 25.7 Å². The van der Waals surface area contributed by atoms with Crippen molar-refractivity contribution in [2.24, 2.45) is 0 Å². The molecule has 0 amide bonds. The number of anilines is 1. The summed E-state index contributed by atoms with van der Waals surface area (Å²) in [4.78, 5) is 14.5. The lowest BCUT2D eigenvalue weighted by Crippen LogP contribution is -2.20. The van der Waals surface area contributed by atoms with E-state index in [2.05, 4.69) is 21.5 Å². The summed E-state index contributed by atoms with van der Waals surface area (Å²) in [7, 11) is 3.14. The van der Waals surface area contributed by atoms with Gasteiger partial charge in [0.15, 0.2) is 29.3 Å². The van der Waals surface area contributed by atoms with Crippen molar-refractivity contribution in [3.05, 3.63) is 66.5 Å². The number of nitriles is 1. The van der Waals surface area contributed by atoms with Crippen LogP contribution >= 0.6 is 0 Å². The molecule has 31 heavy (non-hydrogen) atoms. The first-order valence-corrected chi connectivity index (χ1v) is 9.32. The van der Waals surface area contributed by atoms with Gasteiger partial charge in [-0.05, 0) is 35.9 Å². The van der Waals surface area contributed by atoms with Gasteiger partial charge in [-0.2, -0.15) is 15.2 Å². The van der Waals surface area contributed by atoms with Gasteiger partial charge in [-0.25, -0.2) is 9.88 Å². The standard InChI is InChI=1S/C23H21N5O3/c1-4-13-28(15-24)23-26-21(25-22(27-23)17-7-5-6-8-18(17)29)12-10-16-9-11-19(30-2)20(14-16)31-3/h4-12,14,29H,1,13H2,2-3H3. The number of hydrogen-bond donors (Lipinski definition) is 1. The maximum Gasteiger partial charge on any atom is 0.243 e. The van der Waals surface area contributed by atoms with E-state index < -0.39 is 0 Å². The molecule has 1 aromatic heterocycles. The Hall–Kier alpha value is -4.38. The average Bonchev–Trinajstić information content (AvgIpc) is 2.81. The smallest absolute Gasteiger partial charge is 0.243 e. The molecule has 156 valence electrons. The summed E-state index contributed by atoms with van der Waals surface area (Å²) in [6.07, 6.45) is 7.11. The Balaban J connectivity index is 2.06. The van der Waals surface area contributed by atoms with E-state index in [-0.39, 0.29) is 24.1 Å². The predicted octanol–water partition coefficient (Wildman–Crippen LogP) is 3.91. The molecule has 0 aliphatic rings. The van der Waals surface area contributed by atoms with Crippen molar-refractivity contribution in [2.45, 2.75) is 0 Å². The zero-order chi connectivity index (χ0) is 22.2. The van der Waals surface area contributed by atoms with Gasteiger partial charge >= 0.3 is 0 Å². The summed E-state index contributed by atoms with van der Waals surface area (Å²) >= 11 is 0. The third-order valence-electron chi connectivity index (χ3n) is 4.29. The van der Waals surface area contributed by atoms with Crippen molar-refractivity contribution in [3.63, 3.8) is 0 Å². The molecule has 0 spiro atoms. The number of ether oxygens (including phenoxy) is 2. The van der Waals surface area contributed by atoms with Gasteiger partial charge in [0.25, 0.3) is 0 Å². The minimum Gasteiger partial charge on any atom is -0.507 e. The van der Waals surface area contributed by atoms with Crippen LogP contribution in [0.15, 0.2) is 55.1 Å². The number of phenolic OH excluding ortho intramolecular Hbond substituents is 1. The van der Waals surface area contributed by atoms with Gasteiger partial charge in [0, 0.05) is 0 Å². The molecule has 0 bridgehead atoms. The number of benzene rings is 2. The van der Waals surface area contributed by atoms with E-state index in [1.807, 2.05) is 18.3 Å². The van der Waals surface area contributed by atoms with Gasteiger partial charge < -0.3 is 14.6 Å². The molecule has 1 heterocycles. The number of phenols is 1. The Labute approximate surface area is 180 Å². The quantitative estimate of drug-likeness (QED) is 0.335. The predicted molar refractivity (Wildman–Crippen MR) is 119 cm³/mol. The number of aromatic nitrogens is 3. The zero-order valence-electron chi connectivity index (χ0n) is 17.2. The largest absolute Gasteiger partial charge is 0.507 e. The van der Waals surface area contributed by atoms with Crippen LogP contribution in [-0.4, -0.2) is 40.8 Å². The highest BCUT2D eigenvalue weighted by Crippen LogP contribution is 2.29. The van der Waals surface area contributed by atoms with E-state index in [4.69, 9.17) is 9.47 Å². The Kier molecular flexibility index (Phi) is 6.81.